The second-order valence-corrected chi connectivity index (χ2v) is 2.32. The molecule has 0 aliphatic rings. The maximum Gasteiger partial charge on any atom is 0.140 e. The summed E-state index contributed by atoms with van der Waals surface area (Å²) in [5.74, 6) is 0. The summed E-state index contributed by atoms with van der Waals surface area (Å²) in [4.78, 5) is 9.88. The summed E-state index contributed by atoms with van der Waals surface area (Å²) >= 11 is 5.20. The largest absolute Gasteiger partial charge is 0.394 e. The van der Waals surface area contributed by atoms with Crippen LogP contribution in [0.2, 0.25) is 0 Å². The highest BCUT2D eigenvalue weighted by molar-refractivity contribution is 6.28. The molecule has 0 saturated carbocycles. The number of aldehydes is 1. The van der Waals surface area contributed by atoms with E-state index in [4.69, 9.17) is 26.9 Å². The van der Waals surface area contributed by atoms with Crippen molar-refractivity contribution in [1.82, 2.24) is 0 Å². The molecule has 0 aromatic rings. The minimum absolute atomic E-state index is 0.297. The van der Waals surface area contributed by atoms with Crippen molar-refractivity contribution in [3.8, 4) is 0 Å². The van der Waals surface area contributed by atoms with Gasteiger partial charge in [-0.25, -0.2) is 0 Å². The van der Waals surface area contributed by atoms with E-state index < -0.39 is 24.2 Å². The highest BCUT2D eigenvalue weighted by atomic mass is 35.5. The Kier molecular flexibility index (Phi) is 4.55. The van der Waals surface area contributed by atoms with E-state index in [1.807, 2.05) is 0 Å². The molecule has 0 unspecified atom stereocenters. The standard InChI is InChI=1S/C5H9ClO4/c6-3(1-7)5(10)4(9)2-8/h1,3-5,8-10H,2H2/t3-,4-,5-/m1/s1. The first-order valence-electron chi connectivity index (χ1n) is 2.69. The third kappa shape index (κ3) is 2.62. The Morgan fingerprint density at radius 2 is 2.00 bits per heavy atom. The SMILES string of the molecule is O=C[C@@H](Cl)[C@@H](O)[C@H](O)CO. The van der Waals surface area contributed by atoms with Crippen molar-refractivity contribution in [1.29, 1.82) is 0 Å². The molecule has 3 N–H and O–H groups in total. The first-order valence-corrected chi connectivity index (χ1v) is 3.13. The monoisotopic (exact) mass is 168 g/mol. The molecule has 0 aromatic heterocycles. The molecule has 0 rings (SSSR count). The first kappa shape index (κ1) is 9.84. The van der Waals surface area contributed by atoms with Crippen molar-refractivity contribution >= 4 is 17.9 Å². The fourth-order valence-electron chi connectivity index (χ4n) is 0.401. The van der Waals surface area contributed by atoms with Gasteiger partial charge < -0.3 is 20.1 Å². The zero-order chi connectivity index (χ0) is 8.15. The van der Waals surface area contributed by atoms with Gasteiger partial charge in [-0.15, -0.1) is 11.6 Å². The number of halogens is 1. The van der Waals surface area contributed by atoms with Crippen molar-refractivity contribution in [2.75, 3.05) is 6.61 Å². The zero-order valence-corrected chi connectivity index (χ0v) is 5.90. The number of aliphatic hydroxyl groups excluding tert-OH is 3. The van der Waals surface area contributed by atoms with Crippen LogP contribution in [0.4, 0.5) is 0 Å². The molecule has 60 valence electrons. The van der Waals surface area contributed by atoms with Crippen molar-refractivity contribution in [3.63, 3.8) is 0 Å². The Hall–Kier alpha value is -0.160. The number of carbonyl (C=O) groups excluding carboxylic acids is 1. The number of carbonyl (C=O) groups is 1. The molecule has 0 aliphatic heterocycles. The minimum Gasteiger partial charge on any atom is -0.394 e. The molecule has 0 aliphatic carbocycles. The van der Waals surface area contributed by atoms with Gasteiger partial charge in [-0.05, 0) is 0 Å². The summed E-state index contributed by atoms with van der Waals surface area (Å²) in [7, 11) is 0. The van der Waals surface area contributed by atoms with E-state index >= 15 is 0 Å². The van der Waals surface area contributed by atoms with Crippen LogP contribution in [0.1, 0.15) is 0 Å². The van der Waals surface area contributed by atoms with Gasteiger partial charge in [-0.1, -0.05) is 0 Å². The highest BCUT2D eigenvalue weighted by Crippen LogP contribution is 2.03. The molecule has 0 aromatic carbocycles. The Morgan fingerprint density at radius 1 is 1.50 bits per heavy atom. The van der Waals surface area contributed by atoms with E-state index in [9.17, 15) is 4.79 Å². The summed E-state index contributed by atoms with van der Waals surface area (Å²) in [6.45, 7) is -0.613. The van der Waals surface area contributed by atoms with E-state index in [0.29, 0.717) is 6.29 Å². The molecule has 0 spiro atoms. The van der Waals surface area contributed by atoms with Crippen LogP contribution in [0, 0.1) is 0 Å². The van der Waals surface area contributed by atoms with E-state index in [-0.39, 0.29) is 0 Å². The van der Waals surface area contributed by atoms with Crippen molar-refractivity contribution in [2.24, 2.45) is 0 Å². The lowest BCUT2D eigenvalue weighted by molar-refractivity contribution is -0.111. The number of hydrogen-bond donors (Lipinski definition) is 3. The lowest BCUT2D eigenvalue weighted by Crippen LogP contribution is -2.37. The van der Waals surface area contributed by atoms with Crippen LogP contribution in [0.15, 0.2) is 0 Å². The lowest BCUT2D eigenvalue weighted by Gasteiger charge is -2.15. The third-order valence-electron chi connectivity index (χ3n) is 1.04. The van der Waals surface area contributed by atoms with E-state index in [0.717, 1.165) is 0 Å². The number of alkyl halides is 1. The summed E-state index contributed by atoms with van der Waals surface area (Å²) in [5.41, 5.74) is 0. The number of rotatable bonds is 4. The second kappa shape index (κ2) is 4.62. The smallest absolute Gasteiger partial charge is 0.140 e. The third-order valence-corrected chi connectivity index (χ3v) is 1.40. The molecule has 10 heavy (non-hydrogen) atoms. The quantitative estimate of drug-likeness (QED) is 0.353. The topological polar surface area (TPSA) is 77.8 Å². The summed E-state index contributed by atoms with van der Waals surface area (Å²) in [5, 5.41) is 24.6. The average molecular weight is 169 g/mol. The van der Waals surface area contributed by atoms with Crippen molar-refractivity contribution in [2.45, 2.75) is 17.6 Å². The van der Waals surface area contributed by atoms with Crippen molar-refractivity contribution in [3.05, 3.63) is 0 Å². The van der Waals surface area contributed by atoms with Gasteiger partial charge in [0, 0.05) is 0 Å². The second-order valence-electron chi connectivity index (χ2n) is 1.82. The van der Waals surface area contributed by atoms with Gasteiger partial charge in [-0.2, -0.15) is 0 Å². The van der Waals surface area contributed by atoms with Crippen LogP contribution in [-0.2, 0) is 4.79 Å². The maximum atomic E-state index is 9.88. The van der Waals surface area contributed by atoms with Crippen LogP contribution >= 0.6 is 11.6 Å². The summed E-state index contributed by atoms with van der Waals surface area (Å²) < 4.78 is 0. The molecule has 0 fully saturated rings. The van der Waals surface area contributed by atoms with Gasteiger partial charge in [0.1, 0.15) is 23.9 Å². The number of hydrogen-bond acceptors (Lipinski definition) is 4. The molecule has 4 nitrogen and oxygen atoms in total. The molecule has 3 atom stereocenters. The Bertz CT molecular complexity index is 108. The molecule has 5 heteroatoms. The van der Waals surface area contributed by atoms with Crippen LogP contribution in [-0.4, -0.2) is 45.8 Å². The summed E-state index contributed by atoms with van der Waals surface area (Å²) in [6.07, 6.45) is -2.46. The fourth-order valence-corrected chi connectivity index (χ4v) is 0.569. The van der Waals surface area contributed by atoms with Gasteiger partial charge in [0.2, 0.25) is 0 Å². The van der Waals surface area contributed by atoms with E-state index in [2.05, 4.69) is 0 Å². The van der Waals surface area contributed by atoms with Gasteiger partial charge in [-0.3, -0.25) is 0 Å². The van der Waals surface area contributed by atoms with Crippen LogP contribution in [0.25, 0.3) is 0 Å². The molecule has 0 saturated heterocycles. The summed E-state index contributed by atoms with van der Waals surface area (Å²) in [6, 6.07) is 0. The fraction of sp³-hybridized carbons (Fsp3) is 0.800. The normalized spacial score (nSPS) is 19.6. The van der Waals surface area contributed by atoms with E-state index in [1.165, 1.54) is 0 Å². The van der Waals surface area contributed by atoms with Crippen LogP contribution < -0.4 is 0 Å². The molecule has 0 bridgehead atoms. The van der Waals surface area contributed by atoms with Gasteiger partial charge >= 0.3 is 0 Å². The molecule has 0 heterocycles. The molecule has 0 amide bonds. The molecular weight excluding hydrogens is 160 g/mol. The van der Waals surface area contributed by atoms with Gasteiger partial charge in [0.05, 0.1) is 6.61 Å². The maximum absolute atomic E-state index is 9.88. The molecular formula is C5H9ClO4. The lowest BCUT2D eigenvalue weighted by atomic mass is 10.1. The predicted molar refractivity (Wildman–Crippen MR) is 34.8 cm³/mol. The van der Waals surface area contributed by atoms with Crippen molar-refractivity contribution < 1.29 is 20.1 Å². The van der Waals surface area contributed by atoms with Crippen LogP contribution in [0.5, 0.6) is 0 Å². The molecule has 0 radical (unpaired) electrons. The van der Waals surface area contributed by atoms with Crippen LogP contribution in [0.3, 0.4) is 0 Å². The Labute approximate surface area is 63.0 Å². The first-order chi connectivity index (χ1) is 4.63. The van der Waals surface area contributed by atoms with Gasteiger partial charge in [0.15, 0.2) is 0 Å². The zero-order valence-electron chi connectivity index (χ0n) is 5.14. The Balaban J connectivity index is 3.80. The number of aliphatic hydroxyl groups is 3. The van der Waals surface area contributed by atoms with E-state index in [1.54, 1.807) is 0 Å². The Morgan fingerprint density at radius 3 is 2.30 bits per heavy atom. The minimum atomic E-state index is -1.40. The van der Waals surface area contributed by atoms with Gasteiger partial charge in [0.25, 0.3) is 0 Å². The highest BCUT2D eigenvalue weighted by Gasteiger charge is 2.23. The predicted octanol–water partition coefficient (Wildman–Crippen LogP) is -1.49. The average Bonchev–Trinajstić information content (AvgIpc) is 2.00.